The quantitative estimate of drug-likeness (QED) is 0.859. The third kappa shape index (κ3) is 4.09. The summed E-state index contributed by atoms with van der Waals surface area (Å²) in [5.74, 6) is 0.000201. The van der Waals surface area contributed by atoms with Gasteiger partial charge in [0.1, 0.15) is 6.10 Å². The normalized spacial score (nSPS) is 18.9. The van der Waals surface area contributed by atoms with Crippen molar-refractivity contribution >= 4 is 5.91 Å². The zero-order valence-corrected chi connectivity index (χ0v) is 11.7. The van der Waals surface area contributed by atoms with Gasteiger partial charge in [-0.15, -0.1) is 0 Å². The van der Waals surface area contributed by atoms with Gasteiger partial charge in [0, 0.05) is 31.6 Å². The first-order valence-corrected chi connectivity index (χ1v) is 6.88. The molecule has 1 fully saturated rings. The lowest BCUT2D eigenvalue weighted by atomic mass is 10.2. The highest BCUT2D eigenvalue weighted by molar-refractivity contribution is 5.76. The van der Waals surface area contributed by atoms with Crippen molar-refractivity contribution in [3.05, 3.63) is 23.9 Å². The van der Waals surface area contributed by atoms with Gasteiger partial charge in [-0.1, -0.05) is 6.92 Å². The fraction of sp³-hybridized carbons (Fsp3) is 0.571. The van der Waals surface area contributed by atoms with Crippen molar-refractivity contribution in [2.45, 2.75) is 38.5 Å². The van der Waals surface area contributed by atoms with Gasteiger partial charge < -0.3 is 9.64 Å². The minimum Gasteiger partial charge on any atom is -0.472 e. The summed E-state index contributed by atoms with van der Waals surface area (Å²) in [6, 6.07) is 1.79. The molecule has 1 aromatic heterocycles. The monoisotopic (exact) mass is 302 g/mol. The Morgan fingerprint density at radius 3 is 2.95 bits per heavy atom. The van der Waals surface area contributed by atoms with Gasteiger partial charge in [-0.3, -0.25) is 4.79 Å². The van der Waals surface area contributed by atoms with Crippen molar-refractivity contribution in [1.29, 1.82) is 0 Å². The Morgan fingerprint density at radius 1 is 1.52 bits per heavy atom. The summed E-state index contributed by atoms with van der Waals surface area (Å²) in [4.78, 5) is 17.2. The number of carbonyl (C=O) groups is 1. The average molecular weight is 302 g/mol. The van der Waals surface area contributed by atoms with E-state index in [2.05, 4.69) is 4.98 Å². The molecule has 1 unspecified atom stereocenters. The number of ether oxygens (including phenoxy) is 1. The number of alkyl halides is 3. The first-order valence-electron chi connectivity index (χ1n) is 6.88. The van der Waals surface area contributed by atoms with E-state index in [4.69, 9.17) is 4.74 Å². The smallest absolute Gasteiger partial charge is 0.416 e. The molecule has 2 heterocycles. The SMILES string of the molecule is CCCC(=O)N1CCC(Oc2cc(C(F)(F)F)ccn2)C1. The molecular weight excluding hydrogens is 285 g/mol. The van der Waals surface area contributed by atoms with Crippen LogP contribution in [0.15, 0.2) is 18.3 Å². The van der Waals surface area contributed by atoms with E-state index in [-0.39, 0.29) is 17.9 Å². The zero-order valence-electron chi connectivity index (χ0n) is 11.7. The fourth-order valence-corrected chi connectivity index (χ4v) is 2.24. The van der Waals surface area contributed by atoms with Gasteiger partial charge in [-0.05, 0) is 12.5 Å². The molecule has 0 aromatic carbocycles. The van der Waals surface area contributed by atoms with Crippen molar-refractivity contribution in [2.24, 2.45) is 0 Å². The van der Waals surface area contributed by atoms with E-state index in [1.54, 1.807) is 4.90 Å². The Hall–Kier alpha value is -1.79. The lowest BCUT2D eigenvalue weighted by Crippen LogP contribution is -2.30. The summed E-state index contributed by atoms with van der Waals surface area (Å²) in [6.45, 7) is 2.90. The van der Waals surface area contributed by atoms with Gasteiger partial charge in [-0.25, -0.2) is 4.98 Å². The summed E-state index contributed by atoms with van der Waals surface area (Å²) in [5.41, 5.74) is -0.788. The van der Waals surface area contributed by atoms with E-state index in [9.17, 15) is 18.0 Å². The van der Waals surface area contributed by atoms with Gasteiger partial charge in [-0.2, -0.15) is 13.2 Å². The Bertz CT molecular complexity index is 505. The van der Waals surface area contributed by atoms with Crippen LogP contribution in [0.25, 0.3) is 0 Å². The van der Waals surface area contributed by atoms with E-state index in [0.717, 1.165) is 24.8 Å². The summed E-state index contributed by atoms with van der Waals surface area (Å²) in [6.07, 6.45) is -1.79. The highest BCUT2D eigenvalue weighted by atomic mass is 19.4. The van der Waals surface area contributed by atoms with Gasteiger partial charge in [0.15, 0.2) is 0 Å². The van der Waals surface area contributed by atoms with Crippen LogP contribution in [0, 0.1) is 0 Å². The molecule has 116 valence electrons. The molecule has 7 heteroatoms. The third-order valence-corrected chi connectivity index (χ3v) is 3.31. The summed E-state index contributed by atoms with van der Waals surface area (Å²) < 4.78 is 43.3. The molecule has 0 bridgehead atoms. The highest BCUT2D eigenvalue weighted by Gasteiger charge is 2.32. The molecule has 0 N–H and O–H groups in total. The predicted octanol–water partition coefficient (Wildman–Crippen LogP) is 2.88. The molecule has 1 aliphatic heterocycles. The molecule has 0 spiro atoms. The number of pyridine rings is 1. The second-order valence-corrected chi connectivity index (χ2v) is 5.00. The molecule has 4 nitrogen and oxygen atoms in total. The number of amides is 1. The molecule has 0 aliphatic carbocycles. The largest absolute Gasteiger partial charge is 0.472 e. The minimum atomic E-state index is -4.42. The number of nitrogens with zero attached hydrogens (tertiary/aromatic N) is 2. The first-order chi connectivity index (χ1) is 9.90. The number of halogens is 3. The zero-order chi connectivity index (χ0) is 15.5. The minimum absolute atomic E-state index is 0.0559. The number of rotatable bonds is 4. The van der Waals surface area contributed by atoms with Gasteiger partial charge in [0.2, 0.25) is 11.8 Å². The molecule has 1 aromatic rings. The van der Waals surface area contributed by atoms with Crippen LogP contribution < -0.4 is 4.74 Å². The Balaban J connectivity index is 1.96. The highest BCUT2D eigenvalue weighted by Crippen LogP contribution is 2.31. The lowest BCUT2D eigenvalue weighted by Gasteiger charge is -2.17. The number of aromatic nitrogens is 1. The van der Waals surface area contributed by atoms with Crippen molar-refractivity contribution in [1.82, 2.24) is 9.88 Å². The lowest BCUT2D eigenvalue weighted by molar-refractivity contribution is -0.137. The molecule has 1 atom stereocenters. The molecule has 2 rings (SSSR count). The maximum atomic E-state index is 12.6. The Kier molecular flexibility index (Phi) is 4.69. The summed E-state index contributed by atoms with van der Waals surface area (Å²) in [7, 11) is 0. The van der Waals surface area contributed by atoms with E-state index < -0.39 is 11.7 Å². The standard InChI is InChI=1S/C14H17F3N2O2/c1-2-3-13(20)19-7-5-11(9-19)21-12-8-10(4-6-18-12)14(15,16)17/h4,6,8,11H,2-3,5,7,9H2,1H3. The van der Waals surface area contributed by atoms with Crippen LogP contribution in [0.3, 0.4) is 0 Å². The average Bonchev–Trinajstić information content (AvgIpc) is 2.87. The third-order valence-electron chi connectivity index (χ3n) is 3.31. The number of hydrogen-bond acceptors (Lipinski definition) is 3. The molecule has 1 aliphatic rings. The maximum Gasteiger partial charge on any atom is 0.416 e. The number of likely N-dealkylation sites (tertiary alicyclic amines) is 1. The summed E-state index contributed by atoms with van der Waals surface area (Å²) in [5, 5.41) is 0. The second kappa shape index (κ2) is 6.32. The number of hydrogen-bond donors (Lipinski definition) is 0. The molecule has 0 saturated carbocycles. The summed E-state index contributed by atoms with van der Waals surface area (Å²) >= 11 is 0. The topological polar surface area (TPSA) is 42.4 Å². The molecule has 1 amide bonds. The van der Waals surface area contributed by atoms with Crippen LogP contribution >= 0.6 is 0 Å². The van der Waals surface area contributed by atoms with Gasteiger partial charge in [0.05, 0.1) is 12.1 Å². The number of carbonyl (C=O) groups excluding carboxylic acids is 1. The van der Waals surface area contributed by atoms with Crippen LogP contribution in [0.4, 0.5) is 13.2 Å². The Labute approximate surface area is 120 Å². The molecular formula is C14H17F3N2O2. The van der Waals surface area contributed by atoms with Gasteiger partial charge in [0.25, 0.3) is 0 Å². The van der Waals surface area contributed by atoms with Crippen LogP contribution in [-0.4, -0.2) is 35.0 Å². The molecule has 21 heavy (non-hydrogen) atoms. The van der Waals surface area contributed by atoms with Crippen LogP contribution in [-0.2, 0) is 11.0 Å². The van der Waals surface area contributed by atoms with E-state index in [1.165, 1.54) is 0 Å². The predicted molar refractivity (Wildman–Crippen MR) is 69.8 cm³/mol. The first kappa shape index (κ1) is 15.6. The fourth-order valence-electron chi connectivity index (χ4n) is 2.24. The van der Waals surface area contributed by atoms with E-state index in [1.807, 2.05) is 6.92 Å². The van der Waals surface area contributed by atoms with Crippen molar-refractivity contribution in [3.8, 4) is 5.88 Å². The Morgan fingerprint density at radius 2 is 2.29 bits per heavy atom. The second-order valence-electron chi connectivity index (χ2n) is 5.00. The van der Waals surface area contributed by atoms with Crippen molar-refractivity contribution in [2.75, 3.05) is 13.1 Å². The van der Waals surface area contributed by atoms with Crippen LogP contribution in [0.5, 0.6) is 5.88 Å². The van der Waals surface area contributed by atoms with Crippen molar-refractivity contribution in [3.63, 3.8) is 0 Å². The van der Waals surface area contributed by atoms with Crippen molar-refractivity contribution < 1.29 is 22.7 Å². The van der Waals surface area contributed by atoms with E-state index >= 15 is 0 Å². The van der Waals surface area contributed by atoms with Crippen LogP contribution in [0.1, 0.15) is 31.7 Å². The van der Waals surface area contributed by atoms with E-state index in [0.29, 0.717) is 25.9 Å². The maximum absolute atomic E-state index is 12.6. The molecule has 0 radical (unpaired) electrons. The van der Waals surface area contributed by atoms with Crippen LogP contribution in [0.2, 0.25) is 0 Å². The molecule has 1 saturated heterocycles. The van der Waals surface area contributed by atoms with Gasteiger partial charge >= 0.3 is 6.18 Å².